The van der Waals surface area contributed by atoms with E-state index in [4.69, 9.17) is 4.74 Å². The van der Waals surface area contributed by atoms with Crippen LogP contribution in [0.4, 0.5) is 0 Å². The molecular weight excluding hydrogens is 436 g/mol. The summed E-state index contributed by atoms with van der Waals surface area (Å²) in [7, 11) is -3.71. The molecule has 1 saturated heterocycles. The Kier molecular flexibility index (Phi) is 5.90. The van der Waals surface area contributed by atoms with Crippen molar-refractivity contribution in [1.82, 2.24) is 9.62 Å². The molecule has 1 N–H and O–H groups in total. The molecule has 1 heterocycles. The van der Waals surface area contributed by atoms with Gasteiger partial charge in [-0.25, -0.2) is 8.42 Å². The Morgan fingerprint density at radius 1 is 1.06 bits per heavy atom. The van der Waals surface area contributed by atoms with Gasteiger partial charge in [0, 0.05) is 24.7 Å². The van der Waals surface area contributed by atoms with Crippen LogP contribution in [0.2, 0.25) is 0 Å². The van der Waals surface area contributed by atoms with E-state index in [2.05, 4.69) is 12.2 Å². The fourth-order valence-corrected chi connectivity index (χ4v) is 9.47. The first-order valence-electron chi connectivity index (χ1n) is 12.6. The molecule has 1 amide bonds. The first-order valence-corrected chi connectivity index (χ1v) is 14.1. The molecule has 4 aliphatic carbocycles. The number of amides is 1. The van der Waals surface area contributed by atoms with Crippen LogP contribution in [0, 0.1) is 30.1 Å². The van der Waals surface area contributed by atoms with Crippen molar-refractivity contribution in [2.75, 3.05) is 13.1 Å². The number of ether oxygens (including phenoxy) is 1. The summed E-state index contributed by atoms with van der Waals surface area (Å²) in [4.78, 5) is 13.5. The zero-order valence-electron chi connectivity index (χ0n) is 20.3. The molecule has 1 aliphatic heterocycles. The van der Waals surface area contributed by atoms with Crippen molar-refractivity contribution in [2.24, 2.45) is 23.2 Å². The first-order chi connectivity index (χ1) is 15.6. The zero-order chi connectivity index (χ0) is 23.5. The van der Waals surface area contributed by atoms with Crippen molar-refractivity contribution < 1.29 is 17.9 Å². The van der Waals surface area contributed by atoms with E-state index in [1.54, 1.807) is 25.1 Å². The van der Waals surface area contributed by atoms with Crippen LogP contribution in [0.1, 0.15) is 75.2 Å². The molecule has 0 aromatic heterocycles. The summed E-state index contributed by atoms with van der Waals surface area (Å²) in [6.07, 6.45) is 7.48. The Labute approximate surface area is 198 Å². The van der Waals surface area contributed by atoms with Crippen molar-refractivity contribution in [2.45, 2.75) is 89.4 Å². The highest BCUT2D eigenvalue weighted by molar-refractivity contribution is 7.89. The van der Waals surface area contributed by atoms with E-state index in [0.717, 1.165) is 17.8 Å². The van der Waals surface area contributed by atoms with Crippen molar-refractivity contribution in [1.29, 1.82) is 0 Å². The number of benzene rings is 1. The number of morpholine rings is 1. The summed E-state index contributed by atoms with van der Waals surface area (Å²) in [5.41, 5.74) is 1.29. The molecule has 5 aliphatic rings. The molecule has 182 valence electrons. The lowest BCUT2D eigenvalue weighted by molar-refractivity contribution is -0.0688. The highest BCUT2D eigenvalue weighted by atomic mass is 32.2. The number of sulfonamides is 1. The van der Waals surface area contributed by atoms with Crippen molar-refractivity contribution >= 4 is 15.9 Å². The number of nitrogens with zero attached hydrogens (tertiary/aromatic N) is 1. The smallest absolute Gasteiger partial charge is 0.251 e. The maximum Gasteiger partial charge on any atom is 0.251 e. The summed E-state index contributed by atoms with van der Waals surface area (Å²) in [6, 6.07) is 5.17. The predicted molar refractivity (Wildman–Crippen MR) is 127 cm³/mol. The van der Waals surface area contributed by atoms with Gasteiger partial charge in [0.1, 0.15) is 0 Å². The Morgan fingerprint density at radius 3 is 2.15 bits per heavy atom. The number of rotatable bonds is 5. The van der Waals surface area contributed by atoms with Crippen LogP contribution in [0.5, 0.6) is 0 Å². The van der Waals surface area contributed by atoms with E-state index in [9.17, 15) is 13.2 Å². The number of nitrogens with one attached hydrogen (secondary N) is 1. The number of carbonyl (C=O) groups is 1. The third-order valence-corrected chi connectivity index (χ3v) is 10.8. The number of carbonyl (C=O) groups excluding carboxylic acids is 1. The molecule has 33 heavy (non-hydrogen) atoms. The largest absolute Gasteiger partial charge is 0.373 e. The second kappa shape index (κ2) is 8.35. The fraction of sp³-hybridized carbons (Fsp3) is 0.731. The number of hydrogen-bond acceptors (Lipinski definition) is 4. The molecule has 3 unspecified atom stereocenters. The van der Waals surface area contributed by atoms with Crippen molar-refractivity contribution in [3.05, 3.63) is 29.3 Å². The van der Waals surface area contributed by atoms with Gasteiger partial charge in [-0.15, -0.1) is 0 Å². The van der Waals surface area contributed by atoms with Crippen molar-refractivity contribution in [3.8, 4) is 0 Å². The summed E-state index contributed by atoms with van der Waals surface area (Å²) in [5, 5.41) is 3.28. The Balaban J connectivity index is 1.35. The van der Waals surface area contributed by atoms with Crippen LogP contribution in [-0.4, -0.2) is 50.0 Å². The number of hydrogen-bond donors (Lipinski definition) is 1. The highest BCUT2D eigenvalue weighted by Crippen LogP contribution is 2.61. The van der Waals surface area contributed by atoms with Gasteiger partial charge in [-0.2, -0.15) is 4.31 Å². The Morgan fingerprint density at radius 2 is 1.61 bits per heavy atom. The molecule has 6 rings (SSSR count). The maximum absolute atomic E-state index is 13.5. The normalized spacial score (nSPS) is 37.2. The van der Waals surface area contributed by atoms with Gasteiger partial charge in [-0.05, 0) is 107 Å². The van der Waals surface area contributed by atoms with Crippen LogP contribution in [0.15, 0.2) is 23.1 Å². The van der Waals surface area contributed by atoms with Gasteiger partial charge >= 0.3 is 0 Å². The molecule has 0 spiro atoms. The topological polar surface area (TPSA) is 75.7 Å². The van der Waals surface area contributed by atoms with Crippen LogP contribution in [0.3, 0.4) is 0 Å². The summed E-state index contributed by atoms with van der Waals surface area (Å²) in [6.45, 7) is 8.38. The van der Waals surface area contributed by atoms with Crippen LogP contribution >= 0.6 is 0 Å². The average Bonchev–Trinajstić information content (AvgIpc) is 2.72. The molecule has 4 bridgehead atoms. The van der Waals surface area contributed by atoms with Crippen LogP contribution < -0.4 is 5.32 Å². The Bertz CT molecular complexity index is 991. The minimum absolute atomic E-state index is 0.0979. The summed E-state index contributed by atoms with van der Waals surface area (Å²) < 4.78 is 34.1. The average molecular weight is 475 g/mol. The van der Waals surface area contributed by atoms with Gasteiger partial charge in [0.25, 0.3) is 5.91 Å². The standard InChI is InChI=1S/C26H38N2O4S/c1-16-5-6-23(10-24(16)33(30,31)28-14-17(2)32-18(3)15-28)25(29)27-19(4)26-11-20-7-21(12-26)9-22(8-20)13-26/h5-6,10,17-22H,7-9,11-15H2,1-4H3,(H,27,29). The molecule has 1 aromatic rings. The maximum atomic E-state index is 13.5. The SMILES string of the molecule is Cc1ccc(C(=O)NC(C)C23CC4CC(CC(C4)C2)C3)cc1S(=O)(=O)N1CC(C)OC(C)C1. The summed E-state index contributed by atoms with van der Waals surface area (Å²) >= 11 is 0. The van der Waals surface area contributed by atoms with Gasteiger partial charge in [0.05, 0.1) is 17.1 Å². The first kappa shape index (κ1) is 23.3. The molecule has 5 fully saturated rings. The van der Waals surface area contributed by atoms with E-state index >= 15 is 0 Å². The molecule has 3 atom stereocenters. The molecular formula is C26H38N2O4S. The van der Waals surface area contributed by atoms with Gasteiger partial charge in [-0.3, -0.25) is 4.79 Å². The molecule has 7 heteroatoms. The molecule has 6 nitrogen and oxygen atoms in total. The van der Waals surface area contributed by atoms with Gasteiger partial charge in [0.2, 0.25) is 10.0 Å². The van der Waals surface area contributed by atoms with E-state index in [1.807, 2.05) is 13.8 Å². The molecule has 1 aromatic carbocycles. The summed E-state index contributed by atoms with van der Waals surface area (Å²) in [5.74, 6) is 2.30. The minimum atomic E-state index is -3.71. The number of aryl methyl sites for hydroxylation is 1. The van der Waals surface area contributed by atoms with E-state index in [1.165, 1.54) is 42.8 Å². The lowest BCUT2D eigenvalue weighted by Crippen LogP contribution is -2.55. The third-order valence-electron chi connectivity index (χ3n) is 8.81. The van der Waals surface area contributed by atoms with Crippen molar-refractivity contribution in [3.63, 3.8) is 0 Å². The monoisotopic (exact) mass is 474 g/mol. The third kappa shape index (κ3) is 4.25. The van der Waals surface area contributed by atoms with Crippen LogP contribution in [0.25, 0.3) is 0 Å². The van der Waals surface area contributed by atoms with E-state index < -0.39 is 10.0 Å². The fourth-order valence-electron chi connectivity index (χ4n) is 7.63. The molecule has 0 radical (unpaired) electrons. The predicted octanol–water partition coefficient (Wildman–Crippen LogP) is 4.13. The van der Waals surface area contributed by atoms with Gasteiger partial charge < -0.3 is 10.1 Å². The van der Waals surface area contributed by atoms with Gasteiger partial charge in [0.15, 0.2) is 0 Å². The lowest BCUT2D eigenvalue weighted by atomic mass is 9.48. The highest BCUT2D eigenvalue weighted by Gasteiger charge is 2.53. The second-order valence-corrected chi connectivity index (χ2v) is 13.4. The molecule has 4 saturated carbocycles. The van der Waals surface area contributed by atoms with Crippen LogP contribution in [-0.2, 0) is 14.8 Å². The van der Waals surface area contributed by atoms with Gasteiger partial charge in [-0.1, -0.05) is 6.07 Å². The quantitative estimate of drug-likeness (QED) is 0.696. The van der Waals surface area contributed by atoms with E-state index in [0.29, 0.717) is 24.2 Å². The zero-order valence-corrected chi connectivity index (χ0v) is 21.2. The minimum Gasteiger partial charge on any atom is -0.373 e. The Hall–Kier alpha value is -1.44. The second-order valence-electron chi connectivity index (χ2n) is 11.5. The lowest BCUT2D eigenvalue weighted by Gasteiger charge is -2.59. The van der Waals surface area contributed by atoms with E-state index in [-0.39, 0.29) is 34.5 Å².